The average molecular weight is 243 g/mol. The summed E-state index contributed by atoms with van der Waals surface area (Å²) in [6.07, 6.45) is 5.62. The highest BCUT2D eigenvalue weighted by atomic mass is 16.5. The van der Waals surface area contributed by atoms with Gasteiger partial charge in [0, 0.05) is 13.2 Å². The molecule has 1 aliphatic rings. The van der Waals surface area contributed by atoms with E-state index in [0.717, 1.165) is 44.9 Å². The molecule has 0 aromatic rings. The van der Waals surface area contributed by atoms with Crippen LogP contribution in [0.2, 0.25) is 0 Å². The molecule has 100 valence electrons. The fourth-order valence-corrected chi connectivity index (χ4v) is 1.41. The Balaban J connectivity index is 1.74. The summed E-state index contributed by atoms with van der Waals surface area (Å²) in [5.41, 5.74) is 0. The predicted molar refractivity (Wildman–Crippen MR) is 66.9 cm³/mol. The van der Waals surface area contributed by atoms with Crippen LogP contribution in [0.25, 0.3) is 0 Å². The summed E-state index contributed by atoms with van der Waals surface area (Å²) in [6, 6.07) is 0. The molecule has 4 nitrogen and oxygen atoms in total. The van der Waals surface area contributed by atoms with E-state index in [2.05, 4.69) is 12.2 Å². The van der Waals surface area contributed by atoms with E-state index in [9.17, 15) is 4.79 Å². The van der Waals surface area contributed by atoms with Crippen molar-refractivity contribution in [2.45, 2.75) is 39.0 Å². The van der Waals surface area contributed by atoms with E-state index in [1.807, 2.05) is 0 Å². The Morgan fingerprint density at radius 3 is 2.82 bits per heavy atom. The minimum atomic E-state index is -0.155. The van der Waals surface area contributed by atoms with Crippen LogP contribution in [0.1, 0.15) is 39.0 Å². The second kappa shape index (κ2) is 9.42. The minimum Gasteiger partial charge on any atom is -0.465 e. The van der Waals surface area contributed by atoms with Crippen molar-refractivity contribution in [2.24, 2.45) is 5.92 Å². The van der Waals surface area contributed by atoms with Crippen molar-refractivity contribution in [1.29, 1.82) is 0 Å². The first-order valence-electron chi connectivity index (χ1n) is 6.77. The quantitative estimate of drug-likeness (QED) is 0.443. The van der Waals surface area contributed by atoms with Gasteiger partial charge in [-0.05, 0) is 38.1 Å². The molecule has 1 N–H and O–H groups in total. The van der Waals surface area contributed by atoms with Gasteiger partial charge in [0.25, 0.3) is 0 Å². The fraction of sp³-hybridized carbons (Fsp3) is 0.923. The maximum atomic E-state index is 11.2. The van der Waals surface area contributed by atoms with Crippen LogP contribution in [0.5, 0.6) is 0 Å². The highest BCUT2D eigenvalue weighted by molar-refractivity contribution is 5.71. The molecule has 0 bridgehead atoms. The summed E-state index contributed by atoms with van der Waals surface area (Å²) in [5.74, 6) is 0.675. The number of esters is 1. The van der Waals surface area contributed by atoms with Gasteiger partial charge in [-0.3, -0.25) is 4.79 Å². The molecule has 1 rings (SSSR count). The Morgan fingerprint density at radius 2 is 2.12 bits per heavy atom. The summed E-state index contributed by atoms with van der Waals surface area (Å²) in [4.78, 5) is 11.2. The Morgan fingerprint density at radius 1 is 1.29 bits per heavy atom. The van der Waals surface area contributed by atoms with E-state index < -0.39 is 0 Å². The number of hydrogen-bond acceptors (Lipinski definition) is 4. The van der Waals surface area contributed by atoms with E-state index in [1.54, 1.807) is 0 Å². The largest absolute Gasteiger partial charge is 0.465 e. The van der Waals surface area contributed by atoms with Crippen molar-refractivity contribution in [1.82, 2.24) is 5.32 Å². The van der Waals surface area contributed by atoms with Crippen LogP contribution in [-0.4, -0.2) is 38.9 Å². The lowest BCUT2D eigenvalue weighted by molar-refractivity contribution is -0.142. The topological polar surface area (TPSA) is 47.6 Å². The van der Waals surface area contributed by atoms with Crippen molar-refractivity contribution in [3.05, 3.63) is 0 Å². The van der Waals surface area contributed by atoms with Crippen LogP contribution in [0.15, 0.2) is 0 Å². The molecular formula is C13H25NO3. The summed E-state index contributed by atoms with van der Waals surface area (Å²) < 4.78 is 10.5. The minimum absolute atomic E-state index is 0.155. The standard InChI is InChI=1S/C13H25NO3/c1-2-3-9-17-13(15)10-14-7-4-8-16-11-12-5-6-12/h12,14H,2-11H2,1H3. The molecule has 1 fully saturated rings. The first-order valence-corrected chi connectivity index (χ1v) is 6.77. The number of rotatable bonds is 11. The third kappa shape index (κ3) is 9.12. The molecule has 17 heavy (non-hydrogen) atoms. The van der Waals surface area contributed by atoms with E-state index in [-0.39, 0.29) is 5.97 Å². The van der Waals surface area contributed by atoms with Crippen LogP contribution in [0, 0.1) is 5.92 Å². The van der Waals surface area contributed by atoms with Crippen molar-refractivity contribution in [3.8, 4) is 0 Å². The molecule has 0 radical (unpaired) electrons. The van der Waals surface area contributed by atoms with Crippen LogP contribution in [0.3, 0.4) is 0 Å². The van der Waals surface area contributed by atoms with Gasteiger partial charge in [-0.2, -0.15) is 0 Å². The Bertz CT molecular complexity index is 205. The maximum absolute atomic E-state index is 11.2. The van der Waals surface area contributed by atoms with Crippen LogP contribution in [0.4, 0.5) is 0 Å². The summed E-state index contributed by atoms with van der Waals surface area (Å²) in [5, 5.41) is 3.06. The first-order chi connectivity index (χ1) is 8.33. The van der Waals surface area contributed by atoms with E-state index in [4.69, 9.17) is 9.47 Å². The summed E-state index contributed by atoms with van der Waals surface area (Å²) in [6.45, 7) is 5.45. The smallest absolute Gasteiger partial charge is 0.319 e. The monoisotopic (exact) mass is 243 g/mol. The zero-order valence-electron chi connectivity index (χ0n) is 10.9. The molecule has 1 saturated carbocycles. The number of unbranched alkanes of at least 4 members (excludes halogenated alkanes) is 1. The summed E-state index contributed by atoms with van der Waals surface area (Å²) in [7, 11) is 0. The number of hydrogen-bond donors (Lipinski definition) is 1. The zero-order valence-corrected chi connectivity index (χ0v) is 10.9. The lowest BCUT2D eigenvalue weighted by atomic mass is 10.4. The van der Waals surface area contributed by atoms with Gasteiger partial charge >= 0.3 is 5.97 Å². The average Bonchev–Trinajstić information content (AvgIpc) is 3.12. The molecule has 4 heteroatoms. The Hall–Kier alpha value is -0.610. The highest BCUT2D eigenvalue weighted by Gasteiger charge is 2.20. The number of carbonyl (C=O) groups is 1. The second-order valence-corrected chi connectivity index (χ2v) is 4.62. The third-order valence-electron chi connectivity index (χ3n) is 2.72. The Labute approximate surface area is 104 Å². The van der Waals surface area contributed by atoms with Gasteiger partial charge in [-0.1, -0.05) is 13.3 Å². The van der Waals surface area contributed by atoms with Gasteiger partial charge in [0.1, 0.15) is 0 Å². The van der Waals surface area contributed by atoms with Gasteiger partial charge in [-0.25, -0.2) is 0 Å². The number of nitrogens with one attached hydrogen (secondary N) is 1. The molecule has 0 spiro atoms. The highest BCUT2D eigenvalue weighted by Crippen LogP contribution is 2.28. The fourth-order valence-electron chi connectivity index (χ4n) is 1.41. The predicted octanol–water partition coefficient (Wildman–Crippen LogP) is 1.74. The zero-order chi connectivity index (χ0) is 12.3. The molecule has 1 aliphatic carbocycles. The van der Waals surface area contributed by atoms with E-state index in [0.29, 0.717) is 13.2 Å². The molecule has 0 heterocycles. The number of ether oxygens (including phenoxy) is 2. The van der Waals surface area contributed by atoms with Crippen LogP contribution >= 0.6 is 0 Å². The SMILES string of the molecule is CCCCOC(=O)CNCCCOCC1CC1. The van der Waals surface area contributed by atoms with Crippen molar-refractivity contribution in [3.63, 3.8) is 0 Å². The molecule has 0 atom stereocenters. The molecule has 0 amide bonds. The van der Waals surface area contributed by atoms with Gasteiger partial charge in [0.15, 0.2) is 0 Å². The molecular weight excluding hydrogens is 218 g/mol. The van der Waals surface area contributed by atoms with Crippen molar-refractivity contribution >= 4 is 5.97 Å². The molecule has 0 aromatic carbocycles. The molecule has 0 aromatic heterocycles. The van der Waals surface area contributed by atoms with E-state index in [1.165, 1.54) is 12.8 Å². The van der Waals surface area contributed by atoms with Gasteiger partial charge in [-0.15, -0.1) is 0 Å². The molecule has 0 unspecified atom stereocenters. The molecule has 0 aliphatic heterocycles. The number of carbonyl (C=O) groups excluding carboxylic acids is 1. The van der Waals surface area contributed by atoms with Crippen molar-refractivity contribution in [2.75, 3.05) is 32.9 Å². The molecule has 0 saturated heterocycles. The first kappa shape index (κ1) is 14.5. The second-order valence-electron chi connectivity index (χ2n) is 4.62. The van der Waals surface area contributed by atoms with Crippen LogP contribution < -0.4 is 5.32 Å². The normalized spacial score (nSPS) is 14.9. The van der Waals surface area contributed by atoms with Crippen LogP contribution in [-0.2, 0) is 14.3 Å². The summed E-state index contributed by atoms with van der Waals surface area (Å²) >= 11 is 0. The lowest BCUT2D eigenvalue weighted by Gasteiger charge is -2.06. The third-order valence-corrected chi connectivity index (χ3v) is 2.72. The van der Waals surface area contributed by atoms with Gasteiger partial charge in [0.05, 0.1) is 13.2 Å². The van der Waals surface area contributed by atoms with E-state index >= 15 is 0 Å². The Kier molecular flexibility index (Phi) is 8.01. The van der Waals surface area contributed by atoms with Gasteiger partial charge < -0.3 is 14.8 Å². The lowest BCUT2D eigenvalue weighted by Crippen LogP contribution is -2.26. The van der Waals surface area contributed by atoms with Gasteiger partial charge in [0.2, 0.25) is 0 Å². The maximum Gasteiger partial charge on any atom is 0.319 e. The van der Waals surface area contributed by atoms with Crippen molar-refractivity contribution < 1.29 is 14.3 Å².